The minimum absolute atomic E-state index is 0.182. The number of barbiturate groups is 1. The predicted octanol–water partition coefficient (Wildman–Crippen LogP) is 5.17. The summed E-state index contributed by atoms with van der Waals surface area (Å²) in [6.07, 6.45) is 1.34. The lowest BCUT2D eigenvalue weighted by atomic mass is 10.1. The van der Waals surface area contributed by atoms with Gasteiger partial charge in [0.2, 0.25) is 0 Å². The number of hydrogen-bond acceptors (Lipinski definition) is 5. The predicted molar refractivity (Wildman–Crippen MR) is 117 cm³/mol. The molecule has 0 atom stereocenters. The molecule has 1 saturated heterocycles. The van der Waals surface area contributed by atoms with Crippen molar-refractivity contribution in [3.05, 3.63) is 82.0 Å². The van der Waals surface area contributed by atoms with Crippen molar-refractivity contribution in [2.24, 2.45) is 0 Å². The highest BCUT2D eigenvalue weighted by Crippen LogP contribution is 2.30. The van der Waals surface area contributed by atoms with Crippen molar-refractivity contribution in [3.63, 3.8) is 0 Å². The third-order valence-corrected chi connectivity index (χ3v) is 5.77. The zero-order chi connectivity index (χ0) is 21.3. The monoisotopic (exact) mass is 482 g/mol. The molecule has 2 heterocycles. The van der Waals surface area contributed by atoms with Crippen LogP contribution in [0, 0.1) is 6.92 Å². The molecule has 1 aliphatic heterocycles. The molecule has 4 amide bonds. The molecule has 150 valence electrons. The molecule has 0 spiro atoms. The maximum Gasteiger partial charge on any atom is 0.335 e. The third kappa shape index (κ3) is 4.24. The Labute approximate surface area is 185 Å². The van der Waals surface area contributed by atoms with E-state index in [0.717, 1.165) is 19.8 Å². The molecule has 2 aromatic carbocycles. The smallest absolute Gasteiger partial charge is 0.335 e. The third-order valence-electron chi connectivity index (χ3n) is 4.31. The number of carbonyl (C=O) groups excluding carboxylic acids is 3. The fraction of sp³-hybridized carbons (Fsp3) is 0.0455. The van der Waals surface area contributed by atoms with Gasteiger partial charge in [-0.2, -0.15) is 0 Å². The maximum absolute atomic E-state index is 12.9. The van der Waals surface area contributed by atoms with Gasteiger partial charge in [-0.15, -0.1) is 0 Å². The average molecular weight is 483 g/mol. The van der Waals surface area contributed by atoms with E-state index in [4.69, 9.17) is 4.42 Å². The van der Waals surface area contributed by atoms with Crippen LogP contribution in [-0.2, 0) is 9.59 Å². The number of rotatable bonds is 4. The highest BCUT2D eigenvalue weighted by atomic mass is 79.9. The van der Waals surface area contributed by atoms with E-state index in [9.17, 15) is 14.4 Å². The van der Waals surface area contributed by atoms with Gasteiger partial charge in [0.05, 0.1) is 5.69 Å². The molecule has 0 radical (unpaired) electrons. The van der Waals surface area contributed by atoms with Gasteiger partial charge in [0.1, 0.15) is 11.3 Å². The van der Waals surface area contributed by atoms with Crippen LogP contribution < -0.4 is 10.2 Å². The second-order valence-corrected chi connectivity index (χ2v) is 8.50. The van der Waals surface area contributed by atoms with Crippen LogP contribution in [0.15, 0.2) is 85.1 Å². The largest absolute Gasteiger partial charge is 0.450 e. The van der Waals surface area contributed by atoms with E-state index >= 15 is 0 Å². The molecule has 4 rings (SSSR count). The number of urea groups is 1. The molecule has 3 aromatic rings. The molecule has 6 nitrogen and oxygen atoms in total. The van der Waals surface area contributed by atoms with Crippen LogP contribution in [0.2, 0.25) is 0 Å². The van der Waals surface area contributed by atoms with Crippen LogP contribution in [0.4, 0.5) is 10.5 Å². The average Bonchev–Trinajstić information content (AvgIpc) is 3.15. The Morgan fingerprint density at radius 2 is 1.67 bits per heavy atom. The van der Waals surface area contributed by atoms with Crippen molar-refractivity contribution in [3.8, 4) is 0 Å². The highest BCUT2D eigenvalue weighted by molar-refractivity contribution is 9.10. The number of furan rings is 1. The van der Waals surface area contributed by atoms with E-state index in [1.807, 2.05) is 31.2 Å². The van der Waals surface area contributed by atoms with Crippen LogP contribution in [-0.4, -0.2) is 17.8 Å². The molecule has 8 heteroatoms. The topological polar surface area (TPSA) is 79.6 Å². The Hall–Kier alpha value is -3.10. The van der Waals surface area contributed by atoms with Gasteiger partial charge in [-0.05, 0) is 61.5 Å². The van der Waals surface area contributed by atoms with Gasteiger partial charge in [-0.1, -0.05) is 45.4 Å². The van der Waals surface area contributed by atoms with E-state index < -0.39 is 17.8 Å². The number of amides is 4. The van der Waals surface area contributed by atoms with Gasteiger partial charge in [0, 0.05) is 9.37 Å². The zero-order valence-electron chi connectivity index (χ0n) is 15.7. The Kier molecular flexibility index (Phi) is 5.61. The molecule has 1 aliphatic rings. The van der Waals surface area contributed by atoms with Crippen LogP contribution in [0.25, 0.3) is 6.08 Å². The first-order chi connectivity index (χ1) is 14.4. The summed E-state index contributed by atoms with van der Waals surface area (Å²) in [6, 6.07) is 17.3. The Morgan fingerprint density at radius 1 is 0.967 bits per heavy atom. The van der Waals surface area contributed by atoms with Crippen molar-refractivity contribution in [1.82, 2.24) is 5.32 Å². The molecule has 0 saturated carbocycles. The van der Waals surface area contributed by atoms with E-state index in [-0.39, 0.29) is 5.57 Å². The Bertz CT molecular complexity index is 1170. The molecule has 0 bridgehead atoms. The lowest BCUT2D eigenvalue weighted by Crippen LogP contribution is -2.54. The Morgan fingerprint density at radius 3 is 2.37 bits per heavy atom. The first-order valence-electron chi connectivity index (χ1n) is 8.92. The Balaban J connectivity index is 1.59. The number of carbonyl (C=O) groups is 3. The second-order valence-electron chi connectivity index (χ2n) is 6.51. The molecule has 0 unspecified atom stereocenters. The van der Waals surface area contributed by atoms with Crippen LogP contribution in [0.5, 0.6) is 0 Å². The molecular weight excluding hydrogens is 468 g/mol. The quantitative estimate of drug-likeness (QED) is 0.409. The van der Waals surface area contributed by atoms with Gasteiger partial charge in [0.25, 0.3) is 11.8 Å². The molecule has 1 aromatic heterocycles. The molecule has 30 heavy (non-hydrogen) atoms. The summed E-state index contributed by atoms with van der Waals surface area (Å²) in [7, 11) is 0. The summed E-state index contributed by atoms with van der Waals surface area (Å²) in [5.41, 5.74) is 1.34. The van der Waals surface area contributed by atoms with Crippen LogP contribution in [0.1, 0.15) is 11.3 Å². The minimum atomic E-state index is -0.792. The van der Waals surface area contributed by atoms with Gasteiger partial charge >= 0.3 is 6.03 Å². The first-order valence-corrected chi connectivity index (χ1v) is 10.5. The van der Waals surface area contributed by atoms with E-state index in [2.05, 4.69) is 21.2 Å². The van der Waals surface area contributed by atoms with E-state index in [1.54, 1.807) is 36.4 Å². The highest BCUT2D eigenvalue weighted by Gasteiger charge is 2.37. The SMILES string of the molecule is Cc1ccc(Sc2ccc(C=C3C(=O)NC(=O)N(c4ccc(Br)cc4)C3=O)o2)cc1. The maximum atomic E-state index is 12.9. The lowest BCUT2D eigenvalue weighted by Gasteiger charge is -2.26. The van der Waals surface area contributed by atoms with Crippen molar-refractivity contribution < 1.29 is 18.8 Å². The number of imide groups is 2. The summed E-state index contributed by atoms with van der Waals surface area (Å²) in [5.74, 6) is -1.13. The van der Waals surface area contributed by atoms with Gasteiger partial charge in [-0.25, -0.2) is 9.69 Å². The fourth-order valence-corrected chi connectivity index (χ4v) is 3.86. The second kappa shape index (κ2) is 8.33. The molecule has 1 fully saturated rings. The minimum Gasteiger partial charge on any atom is -0.450 e. The summed E-state index contributed by atoms with van der Waals surface area (Å²) >= 11 is 4.74. The molecular formula is C22H15BrN2O4S. The number of benzene rings is 2. The summed E-state index contributed by atoms with van der Waals surface area (Å²) < 4.78 is 6.55. The standard InChI is InChI=1S/C22H15BrN2O4S/c1-13-2-9-17(10-3-13)30-19-11-8-16(29-19)12-18-20(26)24-22(28)25(21(18)27)15-6-4-14(23)5-7-15/h2-12H,1H3,(H,24,26,28). The molecule has 1 N–H and O–H groups in total. The number of nitrogens with zero attached hydrogens (tertiary/aromatic N) is 1. The van der Waals surface area contributed by atoms with Crippen molar-refractivity contribution in [2.75, 3.05) is 4.90 Å². The fourth-order valence-electron chi connectivity index (χ4n) is 2.81. The van der Waals surface area contributed by atoms with Crippen LogP contribution in [0.3, 0.4) is 0 Å². The van der Waals surface area contributed by atoms with Crippen molar-refractivity contribution in [2.45, 2.75) is 16.9 Å². The zero-order valence-corrected chi connectivity index (χ0v) is 18.1. The first kappa shape index (κ1) is 20.2. The number of anilines is 1. The van der Waals surface area contributed by atoms with E-state index in [1.165, 1.54) is 17.8 Å². The van der Waals surface area contributed by atoms with Gasteiger partial charge in [0.15, 0.2) is 5.09 Å². The lowest BCUT2D eigenvalue weighted by molar-refractivity contribution is -0.122. The number of nitrogens with one attached hydrogen (secondary N) is 1. The van der Waals surface area contributed by atoms with Gasteiger partial charge < -0.3 is 4.42 Å². The van der Waals surface area contributed by atoms with Crippen molar-refractivity contribution >= 4 is 57.3 Å². The van der Waals surface area contributed by atoms with Crippen molar-refractivity contribution in [1.29, 1.82) is 0 Å². The summed E-state index contributed by atoms with van der Waals surface area (Å²) in [6.45, 7) is 2.01. The number of halogens is 1. The van der Waals surface area contributed by atoms with E-state index in [0.29, 0.717) is 16.5 Å². The van der Waals surface area contributed by atoms with Crippen LogP contribution >= 0.6 is 27.7 Å². The molecule has 0 aliphatic carbocycles. The van der Waals surface area contributed by atoms with Gasteiger partial charge in [-0.3, -0.25) is 14.9 Å². The number of aryl methyl sites for hydroxylation is 1. The summed E-state index contributed by atoms with van der Waals surface area (Å²) in [4.78, 5) is 39.3. The summed E-state index contributed by atoms with van der Waals surface area (Å²) in [5, 5.41) is 2.82. The number of hydrogen-bond donors (Lipinski definition) is 1. The normalized spacial score (nSPS) is 15.6.